The van der Waals surface area contributed by atoms with Gasteiger partial charge >= 0.3 is 0 Å². The van der Waals surface area contributed by atoms with E-state index in [-0.39, 0.29) is 0 Å². The number of rotatable bonds is 1. The molecule has 1 aliphatic rings. The van der Waals surface area contributed by atoms with Gasteiger partial charge in [0.25, 0.3) is 0 Å². The second-order valence-electron chi connectivity index (χ2n) is 4.65. The van der Waals surface area contributed by atoms with Crippen LogP contribution in [0.25, 0.3) is 11.1 Å². The van der Waals surface area contributed by atoms with Gasteiger partial charge in [-0.1, -0.05) is 56.5 Å². The molecule has 2 aromatic carbocycles. The minimum Gasteiger partial charge on any atom is -0.0762 e. The van der Waals surface area contributed by atoms with E-state index in [1.807, 2.05) is 8.93 Å². The minimum absolute atomic E-state index is 0.500. The van der Waals surface area contributed by atoms with Crippen LogP contribution >= 0.6 is 30.1 Å². The van der Waals surface area contributed by atoms with E-state index in [1.54, 1.807) is 0 Å². The van der Waals surface area contributed by atoms with Gasteiger partial charge in [0.05, 0.1) is 5.25 Å². The monoisotopic (exact) mass is 352 g/mol. The summed E-state index contributed by atoms with van der Waals surface area (Å²) in [6.07, 6.45) is 0. The largest absolute Gasteiger partial charge is 0.0762 e. The molecule has 0 aliphatic heterocycles. The third kappa shape index (κ3) is 1.82. The molecule has 0 saturated carbocycles. The van der Waals surface area contributed by atoms with Crippen LogP contribution in [0.15, 0.2) is 36.4 Å². The van der Waals surface area contributed by atoms with E-state index in [9.17, 15) is 0 Å². The van der Waals surface area contributed by atoms with Gasteiger partial charge in [-0.05, 0) is 57.3 Å². The van der Waals surface area contributed by atoms with Gasteiger partial charge in [-0.15, -0.1) is 0 Å². The van der Waals surface area contributed by atoms with E-state index >= 15 is 0 Å². The van der Waals surface area contributed by atoms with Crippen molar-refractivity contribution in [1.82, 2.24) is 0 Å². The van der Waals surface area contributed by atoms with Crippen LogP contribution in [0.5, 0.6) is 0 Å². The van der Waals surface area contributed by atoms with Crippen molar-refractivity contribution < 1.29 is 0 Å². The van der Waals surface area contributed by atoms with Crippen molar-refractivity contribution in [1.29, 1.82) is 0 Å². The Labute approximate surface area is 118 Å². The SMILES string of the molecule is Cc1ccc2c(c1)C(SI)c1cc(C)ccc1-2. The van der Waals surface area contributed by atoms with Crippen LogP contribution in [0.2, 0.25) is 0 Å². The van der Waals surface area contributed by atoms with E-state index in [4.69, 9.17) is 0 Å². The van der Waals surface area contributed by atoms with E-state index in [0.29, 0.717) is 5.25 Å². The maximum absolute atomic E-state index is 2.42. The highest BCUT2D eigenvalue weighted by Gasteiger charge is 2.28. The standard InChI is InChI=1S/C15H13IS/c1-9-3-5-11-12-6-4-10(2)8-14(12)15(17-16)13(11)7-9/h3-8,15H,1-2H3. The quantitative estimate of drug-likeness (QED) is 0.615. The van der Waals surface area contributed by atoms with Gasteiger partial charge < -0.3 is 0 Å². The Hall–Kier alpha value is -0.480. The maximum atomic E-state index is 2.42. The van der Waals surface area contributed by atoms with Crippen molar-refractivity contribution in [3.63, 3.8) is 0 Å². The topological polar surface area (TPSA) is 0 Å². The molecular weight excluding hydrogens is 339 g/mol. The summed E-state index contributed by atoms with van der Waals surface area (Å²) in [5.74, 6) is 0. The molecule has 0 fully saturated rings. The molecule has 0 N–H and O–H groups in total. The lowest BCUT2D eigenvalue weighted by atomic mass is 10.0. The van der Waals surface area contributed by atoms with Crippen molar-refractivity contribution in [2.45, 2.75) is 19.1 Å². The van der Waals surface area contributed by atoms with Crippen molar-refractivity contribution >= 4 is 30.1 Å². The van der Waals surface area contributed by atoms with Crippen molar-refractivity contribution in [3.05, 3.63) is 58.7 Å². The molecular formula is C15H13IS. The van der Waals surface area contributed by atoms with Gasteiger partial charge in [0, 0.05) is 0 Å². The molecule has 0 spiro atoms. The average molecular weight is 352 g/mol. The van der Waals surface area contributed by atoms with E-state index < -0.39 is 0 Å². The van der Waals surface area contributed by atoms with Gasteiger partial charge in [-0.2, -0.15) is 0 Å². The molecule has 1 aliphatic carbocycles. The summed E-state index contributed by atoms with van der Waals surface area (Å²) in [4.78, 5) is 0. The van der Waals surface area contributed by atoms with Crippen LogP contribution in [-0.4, -0.2) is 0 Å². The van der Waals surface area contributed by atoms with Gasteiger partial charge in [-0.3, -0.25) is 0 Å². The van der Waals surface area contributed by atoms with Crippen LogP contribution in [0.3, 0.4) is 0 Å². The van der Waals surface area contributed by atoms with E-state index in [0.717, 1.165) is 0 Å². The molecule has 0 atom stereocenters. The minimum atomic E-state index is 0.500. The summed E-state index contributed by atoms with van der Waals surface area (Å²) < 4.78 is 0. The van der Waals surface area contributed by atoms with E-state index in [2.05, 4.69) is 71.5 Å². The van der Waals surface area contributed by atoms with Gasteiger partial charge in [0.2, 0.25) is 0 Å². The van der Waals surface area contributed by atoms with Gasteiger partial charge in [-0.25, -0.2) is 0 Å². The summed E-state index contributed by atoms with van der Waals surface area (Å²) in [5.41, 5.74) is 8.49. The third-order valence-corrected chi connectivity index (χ3v) is 5.57. The number of halogens is 1. The predicted molar refractivity (Wildman–Crippen MR) is 84.8 cm³/mol. The smallest absolute Gasteiger partial charge is 0.0659 e. The first-order valence-electron chi connectivity index (χ1n) is 5.69. The molecule has 0 radical (unpaired) electrons. The molecule has 17 heavy (non-hydrogen) atoms. The summed E-state index contributed by atoms with van der Waals surface area (Å²) in [7, 11) is 1.91. The van der Waals surface area contributed by atoms with Crippen LogP contribution in [0.1, 0.15) is 27.5 Å². The second kappa shape index (κ2) is 4.32. The number of hydrogen-bond donors (Lipinski definition) is 0. The Morgan fingerprint density at radius 1 is 0.882 bits per heavy atom. The molecule has 0 amide bonds. The van der Waals surface area contributed by atoms with Crippen molar-refractivity contribution in [2.24, 2.45) is 0 Å². The summed E-state index contributed by atoms with van der Waals surface area (Å²) in [5, 5.41) is 0.500. The lowest BCUT2D eigenvalue weighted by Crippen LogP contribution is -1.89. The van der Waals surface area contributed by atoms with Crippen LogP contribution < -0.4 is 0 Å². The first kappa shape index (κ1) is 11.6. The fraction of sp³-hybridized carbons (Fsp3) is 0.200. The fourth-order valence-corrected chi connectivity index (χ4v) is 4.78. The predicted octanol–water partition coefficient (Wildman–Crippen LogP) is 5.46. The highest BCUT2D eigenvalue weighted by molar-refractivity contribution is 14.2. The first-order chi connectivity index (χ1) is 8.20. The summed E-state index contributed by atoms with van der Waals surface area (Å²) in [6.45, 7) is 4.34. The second-order valence-corrected chi connectivity index (χ2v) is 6.83. The molecule has 0 unspecified atom stereocenters. The molecule has 0 aromatic heterocycles. The Morgan fingerprint density at radius 3 is 1.76 bits per heavy atom. The van der Waals surface area contributed by atoms with E-state index in [1.165, 1.54) is 33.4 Å². The normalized spacial score (nSPS) is 13.6. The van der Waals surface area contributed by atoms with Crippen molar-refractivity contribution in [3.8, 4) is 11.1 Å². The Morgan fingerprint density at radius 2 is 1.35 bits per heavy atom. The molecule has 2 heteroatoms. The highest BCUT2D eigenvalue weighted by Crippen LogP contribution is 2.52. The third-order valence-electron chi connectivity index (χ3n) is 3.36. The van der Waals surface area contributed by atoms with Crippen molar-refractivity contribution in [2.75, 3.05) is 0 Å². The van der Waals surface area contributed by atoms with Gasteiger partial charge in [0.1, 0.15) is 0 Å². The lowest BCUT2D eigenvalue weighted by molar-refractivity contribution is 1.21. The summed E-state index contributed by atoms with van der Waals surface area (Å²) in [6, 6.07) is 13.6. The number of fused-ring (bicyclic) bond motifs is 3. The zero-order valence-corrected chi connectivity index (χ0v) is 12.8. The number of hydrogen-bond acceptors (Lipinski definition) is 1. The fourth-order valence-electron chi connectivity index (χ4n) is 2.55. The Bertz CT molecular complexity index is 538. The van der Waals surface area contributed by atoms with Crippen LogP contribution in [0.4, 0.5) is 0 Å². The molecule has 3 rings (SSSR count). The molecule has 86 valence electrons. The summed E-state index contributed by atoms with van der Waals surface area (Å²) >= 11 is 2.42. The Balaban J connectivity index is 2.28. The van der Waals surface area contributed by atoms with Gasteiger partial charge in [0.15, 0.2) is 0 Å². The number of benzene rings is 2. The molecule has 0 heterocycles. The molecule has 0 saturated heterocycles. The maximum Gasteiger partial charge on any atom is 0.0659 e. The highest BCUT2D eigenvalue weighted by atomic mass is 127. The molecule has 2 aromatic rings. The zero-order valence-electron chi connectivity index (χ0n) is 9.83. The van der Waals surface area contributed by atoms with Crippen LogP contribution in [0, 0.1) is 13.8 Å². The number of aryl methyl sites for hydroxylation is 2. The molecule has 0 bridgehead atoms. The Kier molecular flexibility index (Phi) is 2.95. The molecule has 0 nitrogen and oxygen atoms in total. The van der Waals surface area contributed by atoms with Crippen LogP contribution in [-0.2, 0) is 0 Å². The lowest BCUT2D eigenvalue weighted by Gasteiger charge is -2.09. The first-order valence-corrected chi connectivity index (χ1v) is 9.12. The zero-order chi connectivity index (χ0) is 12.0. The average Bonchev–Trinajstić information content (AvgIpc) is 2.60.